The molecule has 0 aromatic heterocycles. The van der Waals surface area contributed by atoms with Crippen LogP contribution in [-0.2, 0) is 10.0 Å². The summed E-state index contributed by atoms with van der Waals surface area (Å²) in [5.41, 5.74) is 2.40. The van der Waals surface area contributed by atoms with Crippen molar-refractivity contribution in [3.8, 4) is 5.75 Å². The molecule has 0 saturated carbocycles. The van der Waals surface area contributed by atoms with Gasteiger partial charge in [-0.2, -0.15) is 4.31 Å². The molecule has 3 rings (SSSR count). The van der Waals surface area contributed by atoms with Crippen molar-refractivity contribution in [3.63, 3.8) is 0 Å². The smallest absolute Gasteiger partial charge is 0.251 e. The van der Waals surface area contributed by atoms with Gasteiger partial charge < -0.3 is 15.0 Å². The van der Waals surface area contributed by atoms with E-state index in [4.69, 9.17) is 4.74 Å². The first kappa shape index (κ1) is 21.1. The molecule has 1 aliphatic rings. The summed E-state index contributed by atoms with van der Waals surface area (Å²) < 4.78 is 32.2. The summed E-state index contributed by atoms with van der Waals surface area (Å²) >= 11 is 0. The molecule has 8 heteroatoms. The number of para-hydroxylation sites is 2. The van der Waals surface area contributed by atoms with E-state index in [1.54, 1.807) is 19.2 Å². The second kappa shape index (κ2) is 9.28. The summed E-state index contributed by atoms with van der Waals surface area (Å²) in [4.78, 5) is 14.4. The molecular formula is C21H27N3O4S. The molecule has 29 heavy (non-hydrogen) atoms. The quantitative estimate of drug-likeness (QED) is 0.744. The molecule has 1 heterocycles. The number of carbonyl (C=O) groups excluding carboxylic acids is 1. The lowest BCUT2D eigenvalue weighted by Crippen LogP contribution is -2.50. The molecule has 0 radical (unpaired) electrons. The number of carbonyl (C=O) groups is 1. The monoisotopic (exact) mass is 417 g/mol. The third-order valence-corrected chi connectivity index (χ3v) is 6.97. The summed E-state index contributed by atoms with van der Waals surface area (Å²) in [6.45, 7) is 3.94. The lowest BCUT2D eigenvalue weighted by Gasteiger charge is -2.36. The van der Waals surface area contributed by atoms with Crippen molar-refractivity contribution >= 4 is 21.6 Å². The number of nitrogens with zero attached hydrogens (tertiary/aromatic N) is 2. The molecular weight excluding hydrogens is 390 g/mol. The molecule has 156 valence electrons. The zero-order valence-corrected chi connectivity index (χ0v) is 17.6. The van der Waals surface area contributed by atoms with Crippen LogP contribution in [0, 0.1) is 6.92 Å². The fourth-order valence-electron chi connectivity index (χ4n) is 3.44. The predicted octanol–water partition coefficient (Wildman–Crippen LogP) is 1.89. The van der Waals surface area contributed by atoms with Crippen LogP contribution in [-0.4, -0.2) is 64.2 Å². The minimum atomic E-state index is -3.43. The Hall–Kier alpha value is -2.58. The molecule has 1 N–H and O–H groups in total. The Morgan fingerprint density at radius 2 is 1.69 bits per heavy atom. The number of methoxy groups -OCH3 is 1. The van der Waals surface area contributed by atoms with E-state index in [-0.39, 0.29) is 18.2 Å². The van der Waals surface area contributed by atoms with Crippen molar-refractivity contribution in [2.45, 2.75) is 6.92 Å². The number of rotatable bonds is 7. The number of amides is 1. The van der Waals surface area contributed by atoms with Gasteiger partial charge in [0, 0.05) is 38.3 Å². The molecule has 2 aromatic carbocycles. The standard InChI is InChI=1S/C21H27N3O4S/c1-17-7-3-4-8-18(17)21(25)22-11-16-29(26,27)24-14-12-23(13-15-24)19-9-5-6-10-20(19)28-2/h3-10H,11-16H2,1-2H3,(H,22,25). The van der Waals surface area contributed by atoms with Crippen LogP contribution in [0.1, 0.15) is 15.9 Å². The molecule has 0 spiro atoms. The zero-order chi connectivity index (χ0) is 20.9. The maximum absolute atomic E-state index is 12.7. The van der Waals surface area contributed by atoms with Crippen LogP contribution in [0.2, 0.25) is 0 Å². The molecule has 1 aliphatic heterocycles. The third kappa shape index (κ3) is 5.07. The maximum Gasteiger partial charge on any atom is 0.251 e. The van der Waals surface area contributed by atoms with E-state index < -0.39 is 10.0 Å². The van der Waals surface area contributed by atoms with Gasteiger partial charge in [-0.15, -0.1) is 0 Å². The van der Waals surface area contributed by atoms with Gasteiger partial charge in [-0.25, -0.2) is 8.42 Å². The Morgan fingerprint density at radius 1 is 1.03 bits per heavy atom. The molecule has 7 nitrogen and oxygen atoms in total. The highest BCUT2D eigenvalue weighted by molar-refractivity contribution is 7.89. The van der Waals surface area contributed by atoms with Crippen LogP contribution >= 0.6 is 0 Å². The Balaban J connectivity index is 1.52. The van der Waals surface area contributed by atoms with Gasteiger partial charge in [-0.1, -0.05) is 30.3 Å². The van der Waals surface area contributed by atoms with Gasteiger partial charge in [0.05, 0.1) is 18.6 Å². The van der Waals surface area contributed by atoms with Crippen LogP contribution < -0.4 is 15.0 Å². The van der Waals surface area contributed by atoms with Crippen LogP contribution in [0.3, 0.4) is 0 Å². The summed E-state index contributed by atoms with van der Waals surface area (Å²) in [7, 11) is -1.80. The van der Waals surface area contributed by atoms with Crippen molar-refractivity contribution in [1.29, 1.82) is 0 Å². The second-order valence-corrected chi connectivity index (χ2v) is 9.03. The average Bonchev–Trinajstić information content (AvgIpc) is 2.74. The van der Waals surface area contributed by atoms with E-state index in [2.05, 4.69) is 10.2 Å². The highest BCUT2D eigenvalue weighted by atomic mass is 32.2. The van der Waals surface area contributed by atoms with Crippen molar-refractivity contribution in [2.24, 2.45) is 0 Å². The van der Waals surface area contributed by atoms with Gasteiger partial charge in [0.25, 0.3) is 5.91 Å². The van der Waals surface area contributed by atoms with Gasteiger partial charge in [0.1, 0.15) is 5.75 Å². The maximum atomic E-state index is 12.7. The van der Waals surface area contributed by atoms with Crippen LogP contribution in [0.15, 0.2) is 48.5 Å². The molecule has 0 bridgehead atoms. The van der Waals surface area contributed by atoms with Crippen LogP contribution in [0.25, 0.3) is 0 Å². The van der Waals surface area contributed by atoms with Crippen molar-refractivity contribution < 1.29 is 17.9 Å². The minimum absolute atomic E-state index is 0.0855. The van der Waals surface area contributed by atoms with Crippen molar-refractivity contribution in [1.82, 2.24) is 9.62 Å². The number of hydrogen-bond acceptors (Lipinski definition) is 5. The lowest BCUT2D eigenvalue weighted by atomic mass is 10.1. The Bertz CT molecular complexity index is 954. The predicted molar refractivity (Wildman–Crippen MR) is 114 cm³/mol. The summed E-state index contributed by atoms with van der Waals surface area (Å²) in [5.74, 6) is 0.418. The first-order chi connectivity index (χ1) is 13.9. The number of anilines is 1. The second-order valence-electron chi connectivity index (χ2n) is 6.94. The molecule has 0 atom stereocenters. The Labute approximate surface area is 172 Å². The fraction of sp³-hybridized carbons (Fsp3) is 0.381. The minimum Gasteiger partial charge on any atom is -0.495 e. The average molecular weight is 418 g/mol. The Kier molecular flexibility index (Phi) is 6.76. The first-order valence-corrected chi connectivity index (χ1v) is 11.2. The molecule has 0 aliphatic carbocycles. The van der Waals surface area contributed by atoms with Gasteiger partial charge in [0.2, 0.25) is 10.0 Å². The van der Waals surface area contributed by atoms with Crippen molar-refractivity contribution in [3.05, 3.63) is 59.7 Å². The normalized spacial score (nSPS) is 15.2. The van der Waals surface area contributed by atoms with Crippen molar-refractivity contribution in [2.75, 3.05) is 50.5 Å². The molecule has 2 aromatic rings. The van der Waals surface area contributed by atoms with E-state index in [9.17, 15) is 13.2 Å². The molecule has 1 fully saturated rings. The first-order valence-electron chi connectivity index (χ1n) is 9.62. The van der Waals surface area contributed by atoms with Gasteiger partial charge in [-0.3, -0.25) is 4.79 Å². The Morgan fingerprint density at radius 3 is 2.38 bits per heavy atom. The summed E-state index contributed by atoms with van der Waals surface area (Å²) in [6, 6.07) is 15.0. The van der Waals surface area contributed by atoms with E-state index in [1.807, 2.05) is 43.3 Å². The zero-order valence-electron chi connectivity index (χ0n) is 16.8. The number of benzene rings is 2. The van der Waals surface area contributed by atoms with Gasteiger partial charge in [-0.05, 0) is 30.7 Å². The SMILES string of the molecule is COc1ccccc1N1CCN(S(=O)(=O)CCNC(=O)c2ccccc2C)CC1. The third-order valence-electron chi connectivity index (χ3n) is 5.09. The lowest BCUT2D eigenvalue weighted by molar-refractivity contribution is 0.0955. The highest BCUT2D eigenvalue weighted by Crippen LogP contribution is 2.28. The number of hydrogen-bond donors (Lipinski definition) is 1. The summed E-state index contributed by atoms with van der Waals surface area (Å²) in [6.07, 6.45) is 0. The number of piperazine rings is 1. The topological polar surface area (TPSA) is 79.0 Å². The number of sulfonamides is 1. The molecule has 1 saturated heterocycles. The van der Waals surface area contributed by atoms with E-state index >= 15 is 0 Å². The number of ether oxygens (including phenoxy) is 1. The highest BCUT2D eigenvalue weighted by Gasteiger charge is 2.27. The largest absolute Gasteiger partial charge is 0.495 e. The molecule has 0 unspecified atom stereocenters. The van der Waals surface area contributed by atoms with Gasteiger partial charge in [0.15, 0.2) is 0 Å². The number of aryl methyl sites for hydroxylation is 1. The fourth-order valence-corrected chi connectivity index (χ4v) is 4.78. The molecule has 1 amide bonds. The van der Waals surface area contributed by atoms with Crippen LogP contribution in [0.5, 0.6) is 5.75 Å². The summed E-state index contributed by atoms with van der Waals surface area (Å²) in [5, 5.41) is 2.71. The van der Waals surface area contributed by atoms with E-state index in [0.717, 1.165) is 17.0 Å². The van der Waals surface area contributed by atoms with Gasteiger partial charge >= 0.3 is 0 Å². The van der Waals surface area contributed by atoms with Crippen LogP contribution in [0.4, 0.5) is 5.69 Å². The number of nitrogens with one attached hydrogen (secondary N) is 1. The van der Waals surface area contributed by atoms with E-state index in [1.165, 1.54) is 4.31 Å². The van der Waals surface area contributed by atoms with E-state index in [0.29, 0.717) is 31.7 Å².